The van der Waals surface area contributed by atoms with E-state index in [4.69, 9.17) is 0 Å². The van der Waals surface area contributed by atoms with Gasteiger partial charge in [0.2, 0.25) is 0 Å². The van der Waals surface area contributed by atoms with E-state index in [2.05, 4.69) is 29.1 Å². The second kappa shape index (κ2) is 6.72. The first-order valence-electron chi connectivity index (χ1n) is 7.48. The van der Waals surface area contributed by atoms with E-state index in [1.165, 1.54) is 64.8 Å². The van der Waals surface area contributed by atoms with Crippen LogP contribution in [-0.2, 0) is 0 Å². The number of rotatable bonds is 7. The number of fused-ring (bicyclic) bond motifs is 3. The Morgan fingerprint density at radius 3 is 2.41 bits per heavy atom. The standard InChI is InChI=1S/C14H29N3/c1-3-4-5-6-7-13(15-2)14-12-16-8-10-17(14)11-9-16/h13-15H,3-12H2,1-2H3. The minimum absolute atomic E-state index is 0.704. The lowest BCUT2D eigenvalue weighted by Gasteiger charge is -2.50. The molecule has 17 heavy (non-hydrogen) atoms. The van der Waals surface area contributed by atoms with Gasteiger partial charge in [0.25, 0.3) is 0 Å². The smallest absolute Gasteiger partial charge is 0.0377 e. The van der Waals surface area contributed by atoms with Crippen LogP contribution in [0.1, 0.15) is 39.0 Å². The van der Waals surface area contributed by atoms with Gasteiger partial charge in [-0.05, 0) is 13.5 Å². The first-order valence-corrected chi connectivity index (χ1v) is 7.48. The van der Waals surface area contributed by atoms with E-state index in [0.717, 1.165) is 6.04 Å². The molecule has 1 N–H and O–H groups in total. The van der Waals surface area contributed by atoms with Crippen LogP contribution in [0.25, 0.3) is 0 Å². The molecule has 0 aliphatic carbocycles. The topological polar surface area (TPSA) is 18.5 Å². The van der Waals surface area contributed by atoms with E-state index in [9.17, 15) is 0 Å². The van der Waals surface area contributed by atoms with Gasteiger partial charge in [-0.3, -0.25) is 9.80 Å². The number of nitrogens with one attached hydrogen (secondary N) is 1. The van der Waals surface area contributed by atoms with Gasteiger partial charge >= 0.3 is 0 Å². The van der Waals surface area contributed by atoms with Gasteiger partial charge < -0.3 is 5.32 Å². The second-order valence-electron chi connectivity index (χ2n) is 5.65. The van der Waals surface area contributed by atoms with Crippen molar-refractivity contribution in [3.8, 4) is 0 Å². The SMILES string of the molecule is CCCCCCC(NC)C1CN2CCN1CC2. The molecule has 3 rings (SSSR count). The maximum Gasteiger partial charge on any atom is 0.0377 e. The average Bonchev–Trinajstić information content (AvgIpc) is 2.40. The van der Waals surface area contributed by atoms with Crippen molar-refractivity contribution in [1.29, 1.82) is 0 Å². The summed E-state index contributed by atoms with van der Waals surface area (Å²) in [6.07, 6.45) is 6.89. The van der Waals surface area contributed by atoms with E-state index < -0.39 is 0 Å². The van der Waals surface area contributed by atoms with Gasteiger partial charge in [-0.2, -0.15) is 0 Å². The van der Waals surface area contributed by atoms with Crippen molar-refractivity contribution < 1.29 is 0 Å². The van der Waals surface area contributed by atoms with Crippen LogP contribution in [0, 0.1) is 0 Å². The summed E-state index contributed by atoms with van der Waals surface area (Å²) in [6.45, 7) is 8.75. The van der Waals surface area contributed by atoms with E-state index in [0.29, 0.717) is 6.04 Å². The maximum absolute atomic E-state index is 3.57. The fourth-order valence-corrected chi connectivity index (χ4v) is 3.36. The van der Waals surface area contributed by atoms with E-state index in [1.54, 1.807) is 0 Å². The van der Waals surface area contributed by atoms with Crippen molar-refractivity contribution >= 4 is 0 Å². The molecule has 0 amide bonds. The third kappa shape index (κ3) is 3.43. The van der Waals surface area contributed by atoms with E-state index >= 15 is 0 Å². The summed E-state index contributed by atoms with van der Waals surface area (Å²) in [5, 5.41) is 3.57. The van der Waals surface area contributed by atoms with Crippen LogP contribution >= 0.6 is 0 Å². The Morgan fingerprint density at radius 1 is 1.12 bits per heavy atom. The largest absolute Gasteiger partial charge is 0.315 e. The van der Waals surface area contributed by atoms with E-state index in [-0.39, 0.29) is 0 Å². The zero-order valence-corrected chi connectivity index (χ0v) is 11.6. The minimum atomic E-state index is 0.704. The molecule has 3 saturated heterocycles. The van der Waals surface area contributed by atoms with Gasteiger partial charge in [-0.15, -0.1) is 0 Å². The van der Waals surface area contributed by atoms with Gasteiger partial charge in [-0.1, -0.05) is 32.6 Å². The molecule has 0 radical (unpaired) electrons. The number of unbranched alkanes of at least 4 members (excludes halogenated alkanes) is 3. The van der Waals surface area contributed by atoms with Gasteiger partial charge in [0.05, 0.1) is 0 Å². The molecule has 100 valence electrons. The molecule has 2 atom stereocenters. The molecule has 3 nitrogen and oxygen atoms in total. The summed E-state index contributed by atoms with van der Waals surface area (Å²) in [4.78, 5) is 5.35. The Morgan fingerprint density at radius 2 is 1.88 bits per heavy atom. The lowest BCUT2D eigenvalue weighted by Crippen LogP contribution is -2.66. The summed E-state index contributed by atoms with van der Waals surface area (Å²) < 4.78 is 0. The Balaban J connectivity index is 1.77. The molecule has 0 aromatic rings. The summed E-state index contributed by atoms with van der Waals surface area (Å²) in [6, 6.07) is 1.47. The molecular weight excluding hydrogens is 210 g/mol. The molecule has 3 aliphatic rings. The van der Waals surface area contributed by atoms with Crippen LogP contribution in [0.15, 0.2) is 0 Å². The Hall–Kier alpha value is -0.120. The van der Waals surface area contributed by atoms with Crippen molar-refractivity contribution in [3.63, 3.8) is 0 Å². The zero-order chi connectivity index (χ0) is 12.1. The highest BCUT2D eigenvalue weighted by Gasteiger charge is 2.35. The average molecular weight is 239 g/mol. The summed E-state index contributed by atoms with van der Waals surface area (Å²) in [5.41, 5.74) is 0. The zero-order valence-electron chi connectivity index (χ0n) is 11.6. The van der Waals surface area contributed by atoms with Crippen molar-refractivity contribution in [2.75, 3.05) is 39.8 Å². The number of hydrogen-bond donors (Lipinski definition) is 1. The van der Waals surface area contributed by atoms with Crippen LogP contribution in [0.5, 0.6) is 0 Å². The minimum Gasteiger partial charge on any atom is -0.315 e. The summed E-state index contributed by atoms with van der Waals surface area (Å²) in [7, 11) is 2.14. The molecular formula is C14H29N3. The second-order valence-corrected chi connectivity index (χ2v) is 5.65. The molecule has 0 aromatic heterocycles. The van der Waals surface area contributed by atoms with Crippen LogP contribution in [-0.4, -0.2) is 61.7 Å². The highest BCUT2D eigenvalue weighted by Crippen LogP contribution is 2.21. The lowest BCUT2D eigenvalue weighted by molar-refractivity contribution is -0.00367. The van der Waals surface area contributed by atoms with Crippen molar-refractivity contribution in [1.82, 2.24) is 15.1 Å². The third-order valence-electron chi connectivity index (χ3n) is 4.53. The summed E-state index contributed by atoms with van der Waals surface area (Å²) in [5.74, 6) is 0. The molecule has 3 heteroatoms. The van der Waals surface area contributed by atoms with Crippen LogP contribution in [0.2, 0.25) is 0 Å². The van der Waals surface area contributed by atoms with Crippen LogP contribution < -0.4 is 5.32 Å². The van der Waals surface area contributed by atoms with Crippen LogP contribution in [0.4, 0.5) is 0 Å². The van der Waals surface area contributed by atoms with Gasteiger partial charge in [0, 0.05) is 44.8 Å². The molecule has 3 fully saturated rings. The molecule has 0 aromatic carbocycles. The molecule has 2 unspecified atom stereocenters. The molecule has 3 aliphatic heterocycles. The Kier molecular flexibility index (Phi) is 5.26. The van der Waals surface area contributed by atoms with Gasteiger partial charge in [-0.25, -0.2) is 0 Å². The van der Waals surface area contributed by atoms with Crippen molar-refractivity contribution in [3.05, 3.63) is 0 Å². The maximum atomic E-state index is 3.57. The first kappa shape index (κ1) is 13.3. The van der Waals surface area contributed by atoms with Crippen molar-refractivity contribution in [2.24, 2.45) is 0 Å². The van der Waals surface area contributed by atoms with Gasteiger partial charge in [0.15, 0.2) is 0 Å². The molecule has 0 spiro atoms. The van der Waals surface area contributed by atoms with E-state index in [1.807, 2.05) is 0 Å². The highest BCUT2D eigenvalue weighted by molar-refractivity contribution is 4.94. The molecule has 3 heterocycles. The number of hydrogen-bond acceptors (Lipinski definition) is 3. The first-order chi connectivity index (χ1) is 8.35. The summed E-state index contributed by atoms with van der Waals surface area (Å²) >= 11 is 0. The number of likely N-dealkylation sites (N-methyl/N-ethyl adjacent to an activating group) is 1. The predicted molar refractivity (Wildman–Crippen MR) is 73.4 cm³/mol. The fraction of sp³-hybridized carbons (Fsp3) is 1.00. The van der Waals surface area contributed by atoms with Gasteiger partial charge in [0.1, 0.15) is 0 Å². The fourth-order valence-electron chi connectivity index (χ4n) is 3.36. The van der Waals surface area contributed by atoms with Crippen molar-refractivity contribution in [2.45, 2.75) is 51.1 Å². The van der Waals surface area contributed by atoms with Crippen LogP contribution in [0.3, 0.4) is 0 Å². The molecule has 0 saturated carbocycles. The quantitative estimate of drug-likeness (QED) is 0.680. The Bertz CT molecular complexity index is 212. The Labute approximate surface area is 107 Å². The monoisotopic (exact) mass is 239 g/mol. The third-order valence-corrected chi connectivity index (χ3v) is 4.53. The normalized spacial score (nSPS) is 33.9. The highest BCUT2D eigenvalue weighted by atomic mass is 15.4. The number of piperazine rings is 3. The molecule has 2 bridgehead atoms. The lowest BCUT2D eigenvalue weighted by atomic mass is 9.95. The number of nitrogens with zero attached hydrogens (tertiary/aromatic N) is 2. The predicted octanol–water partition coefficient (Wildman–Crippen LogP) is 1.54.